The van der Waals surface area contributed by atoms with Crippen LogP contribution in [0, 0.1) is 6.92 Å². The third-order valence-corrected chi connectivity index (χ3v) is 11.5. The van der Waals surface area contributed by atoms with Crippen LogP contribution in [0.5, 0.6) is 0 Å². The van der Waals surface area contributed by atoms with E-state index in [2.05, 4.69) is 40.1 Å². The minimum Gasteiger partial charge on any atom is -0.360 e. The Morgan fingerprint density at radius 2 is 1.98 bits per heavy atom. The molecule has 0 aliphatic carbocycles. The van der Waals surface area contributed by atoms with Gasteiger partial charge in [0, 0.05) is 46.2 Å². The Balaban J connectivity index is 1.47. The molecule has 1 atom stereocenters. The molecular weight excluding hydrogens is 583 g/mol. The molecular formula is C30H41N7O4SSi. The van der Waals surface area contributed by atoms with Crippen LogP contribution in [0.1, 0.15) is 51.4 Å². The number of aromatic nitrogens is 5. The van der Waals surface area contributed by atoms with Gasteiger partial charge in [0.25, 0.3) is 5.91 Å². The van der Waals surface area contributed by atoms with Crippen molar-refractivity contribution in [1.29, 1.82) is 0 Å². The van der Waals surface area contributed by atoms with E-state index < -0.39 is 24.1 Å². The molecule has 0 radical (unpaired) electrons. The Morgan fingerprint density at radius 1 is 1.16 bits per heavy atom. The number of aromatic amines is 1. The van der Waals surface area contributed by atoms with Gasteiger partial charge in [-0.25, -0.2) is 13.1 Å². The van der Waals surface area contributed by atoms with Gasteiger partial charge in [0.2, 0.25) is 10.0 Å². The molecule has 1 aliphatic heterocycles. The van der Waals surface area contributed by atoms with Crippen LogP contribution < -0.4 is 5.32 Å². The van der Waals surface area contributed by atoms with Crippen molar-refractivity contribution in [3.05, 3.63) is 88.8 Å². The molecule has 43 heavy (non-hydrogen) atoms. The summed E-state index contributed by atoms with van der Waals surface area (Å²) in [7, 11) is -5.09. The molecule has 13 heteroatoms. The fourth-order valence-corrected chi connectivity index (χ4v) is 7.95. The number of fused-ring (bicyclic) bond motifs is 1. The summed E-state index contributed by atoms with van der Waals surface area (Å²) in [5.41, 5.74) is 4.20. The van der Waals surface area contributed by atoms with Crippen LogP contribution in [0.25, 0.3) is 0 Å². The lowest BCUT2D eigenvalue weighted by Crippen LogP contribution is -2.39. The first kappa shape index (κ1) is 30.9. The topological polar surface area (TPSA) is 127 Å². The van der Waals surface area contributed by atoms with Crippen LogP contribution in [0.15, 0.2) is 60.0 Å². The highest BCUT2D eigenvalue weighted by atomic mass is 32.2. The molecule has 4 heterocycles. The Hall–Kier alpha value is -3.52. The van der Waals surface area contributed by atoms with Crippen molar-refractivity contribution in [2.24, 2.45) is 0 Å². The maximum atomic E-state index is 14.4. The van der Waals surface area contributed by atoms with E-state index in [1.807, 2.05) is 42.9 Å². The van der Waals surface area contributed by atoms with E-state index in [-0.39, 0.29) is 17.3 Å². The summed E-state index contributed by atoms with van der Waals surface area (Å²) >= 11 is 0. The number of benzene rings is 1. The summed E-state index contributed by atoms with van der Waals surface area (Å²) < 4.78 is 39.7. The number of aryl methyl sites for hydroxylation is 1. The van der Waals surface area contributed by atoms with Crippen LogP contribution in [-0.2, 0) is 41.0 Å². The van der Waals surface area contributed by atoms with Crippen molar-refractivity contribution in [3.63, 3.8) is 0 Å². The second-order valence-corrected chi connectivity index (χ2v) is 19.9. The lowest BCUT2D eigenvalue weighted by molar-refractivity contribution is 0.0785. The lowest BCUT2D eigenvalue weighted by atomic mass is 9.94. The van der Waals surface area contributed by atoms with Crippen molar-refractivity contribution in [3.8, 4) is 0 Å². The van der Waals surface area contributed by atoms with Crippen LogP contribution in [0.3, 0.4) is 0 Å². The molecule has 3 aromatic heterocycles. The average molecular weight is 624 g/mol. The standard InChI is InChI=1S/C30H41N7O4SSi/c1-22-8-9-26(23(2)34-30(38)28-7-6-11-31-28)27(17-24-18-33-35(19-24)21-41-15-16-43(3,4)5)29(22)42(39,40)36-13-14-37-25(20-36)10-12-32-37/h6-12,18-19,23,31H,13-17,20-21H2,1-5H3,(H,34,38). The van der Waals surface area contributed by atoms with E-state index >= 15 is 0 Å². The molecule has 1 aliphatic rings. The predicted octanol–water partition coefficient (Wildman–Crippen LogP) is 4.31. The zero-order valence-corrected chi connectivity index (χ0v) is 27.3. The Morgan fingerprint density at radius 3 is 2.72 bits per heavy atom. The quantitative estimate of drug-likeness (QED) is 0.179. The van der Waals surface area contributed by atoms with Crippen LogP contribution in [0.2, 0.25) is 25.7 Å². The monoisotopic (exact) mass is 623 g/mol. The van der Waals surface area contributed by atoms with Gasteiger partial charge in [0.1, 0.15) is 12.4 Å². The molecule has 0 saturated carbocycles. The van der Waals surface area contributed by atoms with Crippen molar-refractivity contribution in [2.75, 3.05) is 13.2 Å². The number of sulfonamides is 1. The number of hydrogen-bond donors (Lipinski definition) is 2. The van der Waals surface area contributed by atoms with Gasteiger partial charge in [-0.05, 0) is 60.3 Å². The number of carbonyl (C=O) groups is 1. The summed E-state index contributed by atoms with van der Waals surface area (Å²) in [6.07, 6.45) is 7.38. The van der Waals surface area contributed by atoms with Gasteiger partial charge in [0.15, 0.2) is 0 Å². The number of hydrogen-bond acceptors (Lipinski definition) is 6. The van der Waals surface area contributed by atoms with Crippen molar-refractivity contribution >= 4 is 24.0 Å². The first-order chi connectivity index (χ1) is 20.4. The molecule has 2 N–H and O–H groups in total. The smallest absolute Gasteiger partial charge is 0.268 e. The fourth-order valence-electron chi connectivity index (χ4n) is 5.34. The number of carbonyl (C=O) groups excluding carboxylic acids is 1. The molecule has 1 unspecified atom stereocenters. The Labute approximate surface area is 254 Å². The van der Waals surface area contributed by atoms with Gasteiger partial charge >= 0.3 is 0 Å². The molecule has 230 valence electrons. The molecule has 0 bridgehead atoms. The summed E-state index contributed by atoms with van der Waals surface area (Å²) in [6, 6.07) is 9.67. The summed E-state index contributed by atoms with van der Waals surface area (Å²) in [5.74, 6) is -0.263. The average Bonchev–Trinajstić information content (AvgIpc) is 3.72. The fraction of sp³-hybridized carbons (Fsp3) is 0.433. The van der Waals surface area contributed by atoms with E-state index in [1.165, 1.54) is 4.31 Å². The number of amides is 1. The number of rotatable bonds is 12. The van der Waals surface area contributed by atoms with Crippen molar-refractivity contribution < 1.29 is 17.9 Å². The molecule has 0 saturated heterocycles. The number of H-pyrrole nitrogens is 1. The van der Waals surface area contributed by atoms with Crippen LogP contribution in [-0.4, -0.2) is 64.4 Å². The van der Waals surface area contributed by atoms with Gasteiger partial charge in [-0.15, -0.1) is 0 Å². The van der Waals surface area contributed by atoms with E-state index in [9.17, 15) is 13.2 Å². The summed E-state index contributed by atoms with van der Waals surface area (Å²) in [5, 5.41) is 11.8. The SMILES string of the molecule is Cc1ccc(C(C)NC(=O)c2ccc[nH]2)c(Cc2cnn(COCC[Si](C)(C)C)c2)c1S(=O)(=O)N1CCn2nccc2C1. The Bertz CT molecular complexity index is 1670. The van der Waals surface area contributed by atoms with E-state index in [0.29, 0.717) is 49.7 Å². The van der Waals surface area contributed by atoms with Crippen LogP contribution in [0.4, 0.5) is 0 Å². The first-order valence-electron chi connectivity index (χ1n) is 14.6. The van der Waals surface area contributed by atoms with Gasteiger partial charge in [-0.2, -0.15) is 14.5 Å². The van der Waals surface area contributed by atoms with Gasteiger partial charge < -0.3 is 15.0 Å². The second kappa shape index (κ2) is 12.6. The minimum atomic E-state index is -3.89. The highest BCUT2D eigenvalue weighted by Gasteiger charge is 2.33. The molecule has 4 aromatic rings. The van der Waals surface area contributed by atoms with E-state index in [0.717, 1.165) is 22.9 Å². The zero-order chi connectivity index (χ0) is 30.8. The van der Waals surface area contributed by atoms with Gasteiger partial charge in [0.05, 0.1) is 35.9 Å². The number of nitrogens with one attached hydrogen (secondary N) is 2. The Kier molecular flexibility index (Phi) is 9.06. The third kappa shape index (κ3) is 7.17. The molecule has 1 amide bonds. The van der Waals surface area contributed by atoms with E-state index in [4.69, 9.17) is 4.74 Å². The summed E-state index contributed by atoms with van der Waals surface area (Å²) in [6.45, 7) is 12.7. The molecule has 5 rings (SSSR count). The molecule has 1 aromatic carbocycles. The lowest BCUT2D eigenvalue weighted by Gasteiger charge is -2.30. The molecule has 11 nitrogen and oxygen atoms in total. The van der Waals surface area contributed by atoms with E-state index in [1.54, 1.807) is 35.4 Å². The third-order valence-electron chi connectivity index (χ3n) is 7.74. The maximum Gasteiger partial charge on any atom is 0.268 e. The second-order valence-electron chi connectivity index (χ2n) is 12.4. The normalized spacial score (nSPS) is 14.9. The van der Waals surface area contributed by atoms with Crippen molar-refractivity contribution in [1.82, 2.24) is 34.2 Å². The van der Waals surface area contributed by atoms with Crippen LogP contribution >= 0.6 is 0 Å². The molecule has 0 fully saturated rings. The predicted molar refractivity (Wildman–Crippen MR) is 167 cm³/mol. The number of nitrogens with zero attached hydrogens (tertiary/aromatic N) is 5. The molecule has 0 spiro atoms. The number of ether oxygens (including phenoxy) is 1. The zero-order valence-electron chi connectivity index (χ0n) is 25.5. The summed E-state index contributed by atoms with van der Waals surface area (Å²) in [4.78, 5) is 16.1. The van der Waals surface area contributed by atoms with Crippen molar-refractivity contribution in [2.45, 2.75) is 76.7 Å². The largest absolute Gasteiger partial charge is 0.360 e. The van der Waals surface area contributed by atoms with Gasteiger partial charge in [-0.3, -0.25) is 9.48 Å². The highest BCUT2D eigenvalue weighted by molar-refractivity contribution is 7.89. The minimum absolute atomic E-state index is 0.247. The first-order valence-corrected chi connectivity index (χ1v) is 19.7. The van der Waals surface area contributed by atoms with Gasteiger partial charge in [-0.1, -0.05) is 31.8 Å². The highest BCUT2D eigenvalue weighted by Crippen LogP contribution is 2.33. The maximum absolute atomic E-state index is 14.4.